The highest BCUT2D eigenvalue weighted by Crippen LogP contribution is 2.10. The van der Waals surface area contributed by atoms with Crippen LogP contribution in [0.5, 0.6) is 0 Å². The summed E-state index contributed by atoms with van der Waals surface area (Å²) in [6.45, 7) is 7.92. The monoisotopic (exact) mass is 249 g/mol. The van der Waals surface area contributed by atoms with Crippen molar-refractivity contribution >= 4 is 5.69 Å². The van der Waals surface area contributed by atoms with Crippen molar-refractivity contribution in [2.45, 2.75) is 19.5 Å². The topological polar surface area (TPSA) is 50.5 Å². The zero-order valence-electron chi connectivity index (χ0n) is 11.1. The van der Waals surface area contributed by atoms with E-state index < -0.39 is 0 Å². The second kappa shape index (κ2) is 6.73. The van der Waals surface area contributed by atoms with Crippen molar-refractivity contribution in [3.8, 4) is 0 Å². The molecule has 18 heavy (non-hydrogen) atoms. The molecule has 1 aliphatic heterocycles. The lowest BCUT2D eigenvalue weighted by atomic mass is 10.1. The number of rotatable bonds is 5. The smallest absolute Gasteiger partial charge is 0.0594 e. The van der Waals surface area contributed by atoms with E-state index in [0.717, 1.165) is 45.1 Å². The van der Waals surface area contributed by atoms with Crippen molar-refractivity contribution in [2.24, 2.45) is 0 Å². The first kappa shape index (κ1) is 13.3. The Morgan fingerprint density at radius 3 is 2.78 bits per heavy atom. The van der Waals surface area contributed by atoms with E-state index in [-0.39, 0.29) is 0 Å². The van der Waals surface area contributed by atoms with Crippen LogP contribution in [-0.2, 0) is 11.3 Å². The summed E-state index contributed by atoms with van der Waals surface area (Å²) < 4.78 is 5.35. The molecule has 0 saturated carbocycles. The van der Waals surface area contributed by atoms with Crippen LogP contribution in [0.3, 0.4) is 0 Å². The Balaban J connectivity index is 1.74. The van der Waals surface area contributed by atoms with E-state index in [1.165, 1.54) is 5.56 Å². The molecule has 100 valence electrons. The highest BCUT2D eigenvalue weighted by molar-refractivity contribution is 5.46. The quantitative estimate of drug-likeness (QED) is 0.767. The predicted octanol–water partition coefficient (Wildman–Crippen LogP) is 1.08. The number of anilines is 1. The predicted molar refractivity (Wildman–Crippen MR) is 74.4 cm³/mol. The Morgan fingerprint density at radius 2 is 2.06 bits per heavy atom. The van der Waals surface area contributed by atoms with Gasteiger partial charge in [0.2, 0.25) is 0 Å². The normalized spacial score (nSPS) is 18.7. The van der Waals surface area contributed by atoms with E-state index in [2.05, 4.69) is 23.2 Å². The van der Waals surface area contributed by atoms with Crippen LogP contribution in [0.2, 0.25) is 0 Å². The molecule has 1 aliphatic rings. The summed E-state index contributed by atoms with van der Waals surface area (Å²) in [6.07, 6.45) is 0. The first-order valence-corrected chi connectivity index (χ1v) is 6.62. The maximum Gasteiger partial charge on any atom is 0.0594 e. The fraction of sp³-hybridized carbons (Fsp3) is 0.571. The van der Waals surface area contributed by atoms with E-state index >= 15 is 0 Å². The lowest BCUT2D eigenvalue weighted by molar-refractivity contribution is 0.0343. The Kier molecular flexibility index (Phi) is 4.99. The Morgan fingerprint density at radius 1 is 1.33 bits per heavy atom. The molecule has 1 saturated heterocycles. The summed E-state index contributed by atoms with van der Waals surface area (Å²) in [5.41, 5.74) is 7.96. The van der Waals surface area contributed by atoms with E-state index in [0.29, 0.717) is 6.04 Å². The van der Waals surface area contributed by atoms with Gasteiger partial charge in [-0.15, -0.1) is 0 Å². The number of morpholine rings is 1. The second-order valence-corrected chi connectivity index (χ2v) is 4.89. The van der Waals surface area contributed by atoms with Crippen molar-refractivity contribution in [3.63, 3.8) is 0 Å². The molecule has 4 heteroatoms. The number of ether oxygens (including phenoxy) is 1. The number of benzene rings is 1. The van der Waals surface area contributed by atoms with Gasteiger partial charge in [-0.3, -0.25) is 4.90 Å². The molecule has 1 aromatic carbocycles. The first-order valence-electron chi connectivity index (χ1n) is 6.62. The van der Waals surface area contributed by atoms with E-state index in [9.17, 15) is 0 Å². The molecule has 1 aromatic rings. The number of para-hydroxylation sites is 1. The van der Waals surface area contributed by atoms with Crippen molar-refractivity contribution in [3.05, 3.63) is 29.8 Å². The van der Waals surface area contributed by atoms with Crippen LogP contribution in [0.1, 0.15) is 12.5 Å². The molecule has 1 unspecified atom stereocenters. The summed E-state index contributed by atoms with van der Waals surface area (Å²) >= 11 is 0. The average Bonchev–Trinajstić information content (AvgIpc) is 2.39. The zero-order chi connectivity index (χ0) is 12.8. The van der Waals surface area contributed by atoms with Gasteiger partial charge in [-0.2, -0.15) is 0 Å². The van der Waals surface area contributed by atoms with Crippen molar-refractivity contribution < 1.29 is 4.74 Å². The van der Waals surface area contributed by atoms with Gasteiger partial charge in [0.1, 0.15) is 0 Å². The van der Waals surface area contributed by atoms with Crippen LogP contribution in [0, 0.1) is 0 Å². The molecule has 1 fully saturated rings. The largest absolute Gasteiger partial charge is 0.398 e. The minimum atomic E-state index is 0.461. The van der Waals surface area contributed by atoms with E-state index in [1.807, 2.05) is 18.2 Å². The molecular formula is C14H23N3O. The van der Waals surface area contributed by atoms with Crippen molar-refractivity contribution in [1.29, 1.82) is 0 Å². The van der Waals surface area contributed by atoms with E-state index in [1.54, 1.807) is 0 Å². The minimum Gasteiger partial charge on any atom is -0.398 e. The highest BCUT2D eigenvalue weighted by Gasteiger charge is 2.13. The third kappa shape index (κ3) is 3.98. The summed E-state index contributed by atoms with van der Waals surface area (Å²) in [6, 6.07) is 8.48. The molecular weight excluding hydrogens is 226 g/mol. The van der Waals surface area contributed by atoms with Crippen LogP contribution in [0.15, 0.2) is 24.3 Å². The summed E-state index contributed by atoms with van der Waals surface area (Å²) in [5, 5.41) is 3.52. The molecule has 0 amide bonds. The Hall–Kier alpha value is -1.10. The molecule has 4 nitrogen and oxygen atoms in total. The summed E-state index contributed by atoms with van der Waals surface area (Å²) in [4.78, 5) is 2.44. The van der Waals surface area contributed by atoms with Gasteiger partial charge >= 0.3 is 0 Å². The average molecular weight is 249 g/mol. The third-order valence-electron chi connectivity index (χ3n) is 3.33. The van der Waals surface area contributed by atoms with Gasteiger partial charge in [0.25, 0.3) is 0 Å². The molecule has 0 spiro atoms. The lowest BCUT2D eigenvalue weighted by Gasteiger charge is -2.29. The lowest BCUT2D eigenvalue weighted by Crippen LogP contribution is -2.44. The van der Waals surface area contributed by atoms with Gasteiger partial charge in [0.15, 0.2) is 0 Å². The van der Waals surface area contributed by atoms with E-state index in [4.69, 9.17) is 10.5 Å². The molecule has 1 atom stereocenters. The molecule has 0 radical (unpaired) electrons. The third-order valence-corrected chi connectivity index (χ3v) is 3.33. The van der Waals surface area contributed by atoms with Crippen molar-refractivity contribution in [2.75, 3.05) is 38.6 Å². The van der Waals surface area contributed by atoms with Gasteiger partial charge in [0, 0.05) is 37.9 Å². The molecule has 1 heterocycles. The maximum absolute atomic E-state index is 5.92. The standard InChI is InChI=1S/C14H23N3O/c1-12(11-17-6-8-18-9-7-17)16-10-13-4-2-3-5-14(13)15/h2-5,12,16H,6-11,15H2,1H3. The minimum absolute atomic E-state index is 0.461. The zero-order valence-corrected chi connectivity index (χ0v) is 11.1. The SMILES string of the molecule is CC(CN1CCOCC1)NCc1ccccc1N. The Labute approximate surface area is 109 Å². The fourth-order valence-electron chi connectivity index (χ4n) is 2.21. The van der Waals surface area contributed by atoms with Crippen molar-refractivity contribution in [1.82, 2.24) is 10.2 Å². The number of nitrogen functional groups attached to an aromatic ring is 1. The fourth-order valence-corrected chi connectivity index (χ4v) is 2.21. The van der Waals surface area contributed by atoms with Gasteiger partial charge < -0.3 is 15.8 Å². The molecule has 2 rings (SSSR count). The second-order valence-electron chi connectivity index (χ2n) is 4.89. The number of nitrogens with zero attached hydrogens (tertiary/aromatic N) is 1. The Bertz CT molecular complexity index is 364. The van der Waals surface area contributed by atoms with Gasteiger partial charge in [0.05, 0.1) is 13.2 Å². The van der Waals surface area contributed by atoms with Gasteiger partial charge in [-0.05, 0) is 18.6 Å². The van der Waals surface area contributed by atoms with Crippen LogP contribution in [0.25, 0.3) is 0 Å². The summed E-state index contributed by atoms with van der Waals surface area (Å²) in [7, 11) is 0. The molecule has 3 N–H and O–H groups in total. The van der Waals surface area contributed by atoms with Crippen LogP contribution < -0.4 is 11.1 Å². The summed E-state index contributed by atoms with van der Waals surface area (Å²) in [5.74, 6) is 0. The molecule has 0 aromatic heterocycles. The van der Waals surface area contributed by atoms with Crippen LogP contribution >= 0.6 is 0 Å². The van der Waals surface area contributed by atoms with Crippen LogP contribution in [0.4, 0.5) is 5.69 Å². The number of hydrogen-bond donors (Lipinski definition) is 2. The molecule has 0 aliphatic carbocycles. The first-order chi connectivity index (χ1) is 8.75. The highest BCUT2D eigenvalue weighted by atomic mass is 16.5. The number of nitrogens with one attached hydrogen (secondary N) is 1. The molecule has 0 bridgehead atoms. The number of hydrogen-bond acceptors (Lipinski definition) is 4. The van der Waals surface area contributed by atoms with Gasteiger partial charge in [-0.25, -0.2) is 0 Å². The number of nitrogens with two attached hydrogens (primary N) is 1. The maximum atomic E-state index is 5.92. The van der Waals surface area contributed by atoms with Crippen LogP contribution in [-0.4, -0.2) is 43.8 Å². The van der Waals surface area contributed by atoms with Gasteiger partial charge in [-0.1, -0.05) is 18.2 Å².